The van der Waals surface area contributed by atoms with Gasteiger partial charge in [-0.2, -0.15) is 0 Å². The van der Waals surface area contributed by atoms with Crippen molar-refractivity contribution < 1.29 is 0 Å². The van der Waals surface area contributed by atoms with Gasteiger partial charge in [0.15, 0.2) is 0 Å². The first-order valence-electron chi connectivity index (χ1n) is 4.62. The molecule has 0 aromatic carbocycles. The molecule has 1 heterocycles. The summed E-state index contributed by atoms with van der Waals surface area (Å²) in [6.45, 7) is 7.06. The van der Waals surface area contributed by atoms with Gasteiger partial charge in [-0.15, -0.1) is 6.58 Å². The van der Waals surface area contributed by atoms with Crippen molar-refractivity contribution in [3.05, 3.63) is 12.2 Å². The summed E-state index contributed by atoms with van der Waals surface area (Å²) in [5, 5.41) is 3.29. The zero-order valence-electron chi connectivity index (χ0n) is 7.73. The van der Waals surface area contributed by atoms with E-state index in [1.165, 1.54) is 24.8 Å². The summed E-state index contributed by atoms with van der Waals surface area (Å²) in [6.07, 6.45) is 4.85. The molecular weight excluding hydrogens is 166 g/mol. The highest BCUT2D eigenvalue weighted by molar-refractivity contribution is 7.80. The minimum Gasteiger partial charge on any atom is -0.379 e. The first-order chi connectivity index (χ1) is 5.70. The summed E-state index contributed by atoms with van der Waals surface area (Å²) in [6, 6.07) is 0. The van der Waals surface area contributed by atoms with Crippen molar-refractivity contribution in [3.63, 3.8) is 0 Å². The summed E-state index contributed by atoms with van der Waals surface area (Å²) in [4.78, 5) is 1.05. The molecule has 68 valence electrons. The van der Waals surface area contributed by atoms with Gasteiger partial charge in [-0.3, -0.25) is 0 Å². The molecule has 1 fully saturated rings. The zero-order chi connectivity index (χ0) is 8.97. The lowest BCUT2D eigenvalue weighted by Crippen LogP contribution is -2.27. The third-order valence-electron chi connectivity index (χ3n) is 2.24. The molecule has 0 saturated carbocycles. The number of rotatable bonds is 2. The molecule has 1 rings (SSSR count). The Morgan fingerprint density at radius 3 is 3.08 bits per heavy atom. The quantitative estimate of drug-likeness (QED) is 0.522. The molecule has 1 saturated heterocycles. The molecule has 0 spiro atoms. The van der Waals surface area contributed by atoms with E-state index in [0.29, 0.717) is 5.92 Å². The fraction of sp³-hybridized carbons (Fsp3) is 0.700. The van der Waals surface area contributed by atoms with Crippen LogP contribution in [-0.4, -0.2) is 11.5 Å². The van der Waals surface area contributed by atoms with Crippen molar-refractivity contribution in [2.24, 2.45) is 5.92 Å². The maximum Gasteiger partial charge on any atom is 0.0787 e. The molecule has 1 aliphatic heterocycles. The monoisotopic (exact) mass is 183 g/mol. The van der Waals surface area contributed by atoms with E-state index in [4.69, 9.17) is 12.2 Å². The molecule has 1 aliphatic rings. The van der Waals surface area contributed by atoms with Gasteiger partial charge in [-0.1, -0.05) is 24.2 Å². The molecule has 0 aliphatic carbocycles. The predicted octanol–water partition coefficient (Wildman–Crippen LogP) is 2.67. The highest BCUT2D eigenvalue weighted by Crippen LogP contribution is 2.20. The molecule has 0 radical (unpaired) electrons. The Kier molecular flexibility index (Phi) is 3.73. The molecule has 12 heavy (non-hydrogen) atoms. The second-order valence-electron chi connectivity index (χ2n) is 3.64. The molecule has 1 unspecified atom stereocenters. The van der Waals surface area contributed by atoms with Crippen LogP contribution in [-0.2, 0) is 0 Å². The summed E-state index contributed by atoms with van der Waals surface area (Å²) < 4.78 is 0. The van der Waals surface area contributed by atoms with Gasteiger partial charge in [-0.05, 0) is 26.2 Å². The van der Waals surface area contributed by atoms with Crippen molar-refractivity contribution >= 4 is 17.2 Å². The van der Waals surface area contributed by atoms with Crippen LogP contribution in [0.1, 0.15) is 32.6 Å². The Labute approximate surface area is 80.2 Å². The molecule has 2 heteroatoms. The average Bonchev–Trinajstić information content (AvgIpc) is 2.16. The third kappa shape index (κ3) is 2.94. The Morgan fingerprint density at radius 2 is 2.42 bits per heavy atom. The summed E-state index contributed by atoms with van der Waals surface area (Å²) in [5.74, 6) is 0.556. The van der Waals surface area contributed by atoms with Gasteiger partial charge in [-0.25, -0.2) is 0 Å². The zero-order valence-corrected chi connectivity index (χ0v) is 8.54. The minimum atomic E-state index is 0.556. The molecule has 0 amide bonds. The van der Waals surface area contributed by atoms with Gasteiger partial charge < -0.3 is 5.32 Å². The van der Waals surface area contributed by atoms with Gasteiger partial charge in [0.2, 0.25) is 0 Å². The van der Waals surface area contributed by atoms with E-state index in [2.05, 4.69) is 18.8 Å². The van der Waals surface area contributed by atoms with E-state index in [0.717, 1.165) is 18.0 Å². The summed E-state index contributed by atoms with van der Waals surface area (Å²) >= 11 is 5.28. The van der Waals surface area contributed by atoms with Crippen LogP contribution < -0.4 is 5.32 Å². The number of nitrogens with one attached hydrogen (secondary N) is 1. The van der Waals surface area contributed by atoms with Crippen LogP contribution in [0.2, 0.25) is 0 Å². The number of hydrogen-bond donors (Lipinski definition) is 1. The average molecular weight is 183 g/mol. The minimum absolute atomic E-state index is 0.556. The second-order valence-corrected chi connectivity index (χ2v) is 4.08. The van der Waals surface area contributed by atoms with Crippen LogP contribution in [0.4, 0.5) is 0 Å². The fourth-order valence-electron chi connectivity index (χ4n) is 1.62. The molecule has 1 N–H and O–H groups in total. The lowest BCUT2D eigenvalue weighted by molar-refractivity contribution is 0.596. The van der Waals surface area contributed by atoms with E-state index in [-0.39, 0.29) is 0 Å². The molecule has 1 nitrogen and oxygen atoms in total. The normalized spacial score (nSPS) is 24.4. The second kappa shape index (κ2) is 4.61. The van der Waals surface area contributed by atoms with Gasteiger partial charge in [0.25, 0.3) is 0 Å². The predicted molar refractivity (Wildman–Crippen MR) is 57.4 cm³/mol. The molecular formula is C10H17NS. The lowest BCUT2D eigenvalue weighted by atomic mass is 9.96. The van der Waals surface area contributed by atoms with E-state index in [1.54, 1.807) is 0 Å². The SMILES string of the molecule is C=C(C)CC1CCCCNC1=S. The van der Waals surface area contributed by atoms with E-state index in [1.807, 2.05) is 0 Å². The standard InChI is InChI=1S/C10H17NS/c1-8(2)7-9-5-3-4-6-11-10(9)12/h9H,1,3-7H2,2H3,(H,11,12). The molecule has 0 bridgehead atoms. The van der Waals surface area contributed by atoms with Crippen molar-refractivity contribution in [1.82, 2.24) is 5.32 Å². The third-order valence-corrected chi connectivity index (χ3v) is 2.72. The Morgan fingerprint density at radius 1 is 1.67 bits per heavy atom. The van der Waals surface area contributed by atoms with E-state index in [9.17, 15) is 0 Å². The summed E-state index contributed by atoms with van der Waals surface area (Å²) in [7, 11) is 0. The first kappa shape index (κ1) is 9.72. The van der Waals surface area contributed by atoms with Crippen LogP contribution >= 0.6 is 12.2 Å². The maximum absolute atomic E-state index is 5.28. The van der Waals surface area contributed by atoms with Gasteiger partial charge in [0, 0.05) is 12.5 Å². The highest BCUT2D eigenvalue weighted by atomic mass is 32.1. The summed E-state index contributed by atoms with van der Waals surface area (Å²) in [5.41, 5.74) is 1.24. The van der Waals surface area contributed by atoms with Crippen LogP contribution in [0.5, 0.6) is 0 Å². The largest absolute Gasteiger partial charge is 0.379 e. The smallest absolute Gasteiger partial charge is 0.0787 e. The highest BCUT2D eigenvalue weighted by Gasteiger charge is 2.16. The van der Waals surface area contributed by atoms with Crippen molar-refractivity contribution in [1.29, 1.82) is 0 Å². The van der Waals surface area contributed by atoms with E-state index < -0.39 is 0 Å². The van der Waals surface area contributed by atoms with E-state index >= 15 is 0 Å². The van der Waals surface area contributed by atoms with Crippen LogP contribution in [0.3, 0.4) is 0 Å². The van der Waals surface area contributed by atoms with Crippen LogP contribution in [0.25, 0.3) is 0 Å². The number of thiocarbonyl (C=S) groups is 1. The number of allylic oxidation sites excluding steroid dienone is 1. The number of hydrogen-bond acceptors (Lipinski definition) is 1. The molecule has 0 aromatic heterocycles. The topological polar surface area (TPSA) is 12.0 Å². The Hall–Kier alpha value is -0.370. The van der Waals surface area contributed by atoms with Crippen LogP contribution in [0, 0.1) is 5.92 Å². The van der Waals surface area contributed by atoms with Gasteiger partial charge >= 0.3 is 0 Å². The fourth-order valence-corrected chi connectivity index (χ4v) is 1.92. The van der Waals surface area contributed by atoms with Crippen LogP contribution in [0.15, 0.2) is 12.2 Å². The van der Waals surface area contributed by atoms with Crippen molar-refractivity contribution in [2.75, 3.05) is 6.54 Å². The Bertz CT molecular complexity index is 186. The lowest BCUT2D eigenvalue weighted by Gasteiger charge is -2.15. The van der Waals surface area contributed by atoms with Gasteiger partial charge in [0.05, 0.1) is 4.99 Å². The first-order valence-corrected chi connectivity index (χ1v) is 5.03. The Balaban J connectivity index is 2.47. The maximum atomic E-state index is 5.28. The van der Waals surface area contributed by atoms with Crippen molar-refractivity contribution in [2.45, 2.75) is 32.6 Å². The molecule has 0 aromatic rings. The van der Waals surface area contributed by atoms with Crippen molar-refractivity contribution in [3.8, 4) is 0 Å². The van der Waals surface area contributed by atoms with Gasteiger partial charge in [0.1, 0.15) is 0 Å². The molecule has 1 atom stereocenters.